The van der Waals surface area contributed by atoms with Crippen molar-refractivity contribution in [3.63, 3.8) is 0 Å². The first-order valence-electron chi connectivity index (χ1n) is 10.5. The van der Waals surface area contributed by atoms with E-state index in [0.29, 0.717) is 48.5 Å². The van der Waals surface area contributed by atoms with Crippen molar-refractivity contribution in [1.29, 1.82) is 0 Å². The van der Waals surface area contributed by atoms with Gasteiger partial charge in [0.1, 0.15) is 17.7 Å². The Labute approximate surface area is 191 Å². The molecule has 10 nitrogen and oxygen atoms in total. The summed E-state index contributed by atoms with van der Waals surface area (Å²) in [4.78, 5) is 24.1. The number of aliphatic hydroxyl groups is 1. The van der Waals surface area contributed by atoms with E-state index < -0.39 is 6.10 Å². The van der Waals surface area contributed by atoms with Gasteiger partial charge in [-0.25, -0.2) is 14.8 Å². The smallest absolute Gasteiger partial charge is 0.352 e. The van der Waals surface area contributed by atoms with E-state index in [-0.39, 0.29) is 13.1 Å². The van der Waals surface area contributed by atoms with Crippen LogP contribution in [0.2, 0.25) is 0 Å². The van der Waals surface area contributed by atoms with E-state index >= 15 is 0 Å². The molecule has 33 heavy (non-hydrogen) atoms. The van der Waals surface area contributed by atoms with E-state index in [1.165, 1.54) is 10.8 Å². The third-order valence-corrected chi connectivity index (χ3v) is 5.76. The third kappa shape index (κ3) is 4.45. The van der Waals surface area contributed by atoms with Crippen LogP contribution >= 0.6 is 0 Å². The van der Waals surface area contributed by atoms with Gasteiger partial charge in [0.05, 0.1) is 38.4 Å². The van der Waals surface area contributed by atoms with Crippen LogP contribution in [0.4, 0.5) is 0 Å². The number of ether oxygens (including phenoxy) is 2. The van der Waals surface area contributed by atoms with Gasteiger partial charge in [-0.1, -0.05) is 19.6 Å². The average molecular weight is 453 g/mol. The standard InChI is InChI=1S/C22H24N6O4.CH4/c1-31-17-4-2-15(3-5-17)12-27-20-18(21-24-14-25-28(21)22(27)30)10-16(11-23-20)19(29)13-26-6-8-32-9-7-26;/h2-5,10-11,14,19,29H,6-9,12-13H2,1H3;1H4. The van der Waals surface area contributed by atoms with Gasteiger partial charge in [-0.15, -0.1) is 0 Å². The number of β-amino-alcohol motifs (C(OH)–C–C–N with tert-alkyl or cyclic N) is 1. The van der Waals surface area contributed by atoms with Crippen LogP contribution in [-0.2, 0) is 11.3 Å². The monoisotopic (exact) mass is 452 g/mol. The number of aromatic nitrogens is 5. The van der Waals surface area contributed by atoms with E-state index in [4.69, 9.17) is 9.47 Å². The van der Waals surface area contributed by atoms with Crippen molar-refractivity contribution in [2.45, 2.75) is 20.1 Å². The zero-order chi connectivity index (χ0) is 22.1. The fraction of sp³-hybridized carbons (Fsp3) is 0.391. The predicted molar refractivity (Wildman–Crippen MR) is 124 cm³/mol. The summed E-state index contributed by atoms with van der Waals surface area (Å²) >= 11 is 0. The first-order valence-corrected chi connectivity index (χ1v) is 10.5. The molecule has 1 saturated heterocycles. The maximum absolute atomic E-state index is 13.1. The molecule has 1 aliphatic rings. The molecule has 1 atom stereocenters. The van der Waals surface area contributed by atoms with Crippen molar-refractivity contribution in [1.82, 2.24) is 29.0 Å². The zero-order valence-electron chi connectivity index (χ0n) is 17.7. The largest absolute Gasteiger partial charge is 0.497 e. The number of morpholine rings is 1. The van der Waals surface area contributed by atoms with Gasteiger partial charge in [-0.2, -0.15) is 9.61 Å². The van der Waals surface area contributed by atoms with Gasteiger partial charge in [0.25, 0.3) is 0 Å². The second-order valence-corrected chi connectivity index (χ2v) is 7.78. The van der Waals surface area contributed by atoms with Gasteiger partial charge in [-0.3, -0.25) is 9.47 Å². The number of pyridine rings is 1. The molecule has 1 aromatic carbocycles. The molecule has 10 heteroatoms. The highest BCUT2D eigenvalue weighted by atomic mass is 16.5. The summed E-state index contributed by atoms with van der Waals surface area (Å²) in [6.45, 7) is 3.71. The van der Waals surface area contributed by atoms with E-state index in [9.17, 15) is 9.90 Å². The molecule has 5 rings (SSSR count). The minimum absolute atomic E-state index is 0. The molecule has 0 saturated carbocycles. The average Bonchev–Trinajstić information content (AvgIpc) is 3.33. The summed E-state index contributed by atoms with van der Waals surface area (Å²) in [6, 6.07) is 9.36. The highest BCUT2D eigenvalue weighted by molar-refractivity contribution is 5.89. The number of methoxy groups -OCH3 is 1. The summed E-state index contributed by atoms with van der Waals surface area (Å²) in [7, 11) is 1.61. The molecule has 0 amide bonds. The van der Waals surface area contributed by atoms with Crippen LogP contribution < -0.4 is 10.4 Å². The Balaban J connectivity index is 0.00000259. The van der Waals surface area contributed by atoms with Crippen molar-refractivity contribution in [3.8, 4) is 5.75 Å². The van der Waals surface area contributed by atoms with Gasteiger partial charge in [0.2, 0.25) is 0 Å². The predicted octanol–water partition coefficient (Wildman–Crippen LogP) is 1.50. The van der Waals surface area contributed by atoms with Crippen LogP contribution in [0, 0.1) is 0 Å². The molecule has 0 radical (unpaired) electrons. The molecular weight excluding hydrogens is 424 g/mol. The first-order chi connectivity index (χ1) is 15.6. The lowest BCUT2D eigenvalue weighted by Gasteiger charge is -2.28. The summed E-state index contributed by atoms with van der Waals surface area (Å²) in [5, 5.41) is 15.6. The van der Waals surface area contributed by atoms with Gasteiger partial charge in [0, 0.05) is 31.4 Å². The van der Waals surface area contributed by atoms with Crippen LogP contribution in [0.1, 0.15) is 24.7 Å². The summed E-state index contributed by atoms with van der Waals surface area (Å²) < 4.78 is 13.4. The van der Waals surface area contributed by atoms with Crippen molar-refractivity contribution in [2.24, 2.45) is 0 Å². The molecule has 174 valence electrons. The minimum Gasteiger partial charge on any atom is -0.497 e. The Morgan fingerprint density at radius 2 is 1.91 bits per heavy atom. The summed E-state index contributed by atoms with van der Waals surface area (Å²) in [5.74, 6) is 0.745. The number of nitrogens with zero attached hydrogens (tertiary/aromatic N) is 6. The topological polar surface area (TPSA) is 107 Å². The van der Waals surface area contributed by atoms with Crippen LogP contribution in [-0.4, -0.2) is 74.1 Å². The Hall–Kier alpha value is -3.34. The van der Waals surface area contributed by atoms with Crippen molar-refractivity contribution in [2.75, 3.05) is 40.0 Å². The molecular formula is C23H28N6O4. The van der Waals surface area contributed by atoms with Crippen LogP contribution in [0.3, 0.4) is 0 Å². The van der Waals surface area contributed by atoms with E-state index in [0.717, 1.165) is 24.4 Å². The van der Waals surface area contributed by atoms with Gasteiger partial charge >= 0.3 is 5.69 Å². The van der Waals surface area contributed by atoms with E-state index in [2.05, 4.69) is 20.0 Å². The van der Waals surface area contributed by atoms with E-state index in [1.807, 2.05) is 30.3 Å². The second kappa shape index (κ2) is 9.65. The van der Waals surface area contributed by atoms with Crippen molar-refractivity contribution < 1.29 is 14.6 Å². The number of benzene rings is 1. The minimum atomic E-state index is -0.713. The van der Waals surface area contributed by atoms with Gasteiger partial charge in [0.15, 0.2) is 5.65 Å². The maximum Gasteiger partial charge on any atom is 0.352 e. The Morgan fingerprint density at radius 1 is 1.15 bits per heavy atom. The second-order valence-electron chi connectivity index (χ2n) is 7.78. The Morgan fingerprint density at radius 3 is 2.64 bits per heavy atom. The molecule has 3 aromatic heterocycles. The van der Waals surface area contributed by atoms with Crippen LogP contribution in [0.5, 0.6) is 5.75 Å². The fourth-order valence-corrected chi connectivity index (χ4v) is 4.00. The van der Waals surface area contributed by atoms with Gasteiger partial charge < -0.3 is 14.6 Å². The Kier molecular flexibility index (Phi) is 6.68. The maximum atomic E-state index is 13.1. The van der Waals surface area contributed by atoms with Crippen LogP contribution in [0.15, 0.2) is 47.7 Å². The summed E-state index contributed by atoms with van der Waals surface area (Å²) in [6.07, 6.45) is 2.27. The molecule has 0 spiro atoms. The molecule has 1 N–H and O–H groups in total. The highest BCUT2D eigenvalue weighted by Crippen LogP contribution is 2.22. The Bertz CT molecular complexity index is 1290. The molecule has 1 aliphatic heterocycles. The van der Waals surface area contributed by atoms with Crippen LogP contribution in [0.25, 0.3) is 16.7 Å². The zero-order valence-corrected chi connectivity index (χ0v) is 17.7. The lowest BCUT2D eigenvalue weighted by atomic mass is 10.1. The molecule has 1 unspecified atom stereocenters. The van der Waals surface area contributed by atoms with Gasteiger partial charge in [-0.05, 0) is 23.8 Å². The normalized spacial score (nSPS) is 15.5. The molecule has 0 aliphatic carbocycles. The number of hydrogen-bond donors (Lipinski definition) is 1. The number of fused-ring (bicyclic) bond motifs is 3. The number of hydrogen-bond acceptors (Lipinski definition) is 8. The molecule has 4 aromatic rings. The number of aliphatic hydroxyl groups excluding tert-OH is 1. The number of rotatable bonds is 6. The van der Waals surface area contributed by atoms with E-state index in [1.54, 1.807) is 17.9 Å². The quantitative estimate of drug-likeness (QED) is 0.469. The summed E-state index contributed by atoms with van der Waals surface area (Å²) in [5.41, 5.74) is 2.18. The van der Waals surface area contributed by atoms with Crippen molar-refractivity contribution >= 4 is 16.7 Å². The lowest BCUT2D eigenvalue weighted by Crippen LogP contribution is -2.38. The third-order valence-electron chi connectivity index (χ3n) is 5.76. The van der Waals surface area contributed by atoms with Crippen molar-refractivity contribution in [3.05, 3.63) is 64.5 Å². The lowest BCUT2D eigenvalue weighted by molar-refractivity contribution is 0.0143. The highest BCUT2D eigenvalue weighted by Gasteiger charge is 2.20. The SMILES string of the molecule is C.COc1ccc(Cn2c(=O)n3ncnc3c3cc(C(O)CN4CCOCC4)cnc32)cc1. The first kappa shape index (κ1) is 22.8. The molecule has 4 heterocycles. The fourth-order valence-electron chi connectivity index (χ4n) is 4.00. The molecule has 1 fully saturated rings. The molecule has 0 bridgehead atoms.